The zero-order valence-electron chi connectivity index (χ0n) is 18.2. The van der Waals surface area contributed by atoms with Gasteiger partial charge in [-0.15, -0.1) is 0 Å². The molecule has 0 aliphatic carbocycles. The number of anilines is 2. The van der Waals surface area contributed by atoms with Crippen LogP contribution < -0.4 is 10.6 Å². The maximum Gasteiger partial charge on any atom is 0.430 e. The van der Waals surface area contributed by atoms with Gasteiger partial charge in [-0.2, -0.15) is 26.3 Å². The second kappa shape index (κ2) is 9.75. The third-order valence-corrected chi connectivity index (χ3v) is 6.76. The van der Waals surface area contributed by atoms with Crippen molar-refractivity contribution in [1.82, 2.24) is 9.88 Å². The Hall–Kier alpha value is -3.09. The molecule has 1 aromatic carbocycles. The highest BCUT2D eigenvalue weighted by atomic mass is 32.2. The molecule has 7 nitrogen and oxygen atoms in total. The second-order valence-corrected chi connectivity index (χ2v) is 9.52. The van der Waals surface area contributed by atoms with Crippen molar-refractivity contribution in [1.29, 1.82) is 0 Å². The van der Waals surface area contributed by atoms with E-state index in [2.05, 4.69) is 16.2 Å². The number of pyridine rings is 1. The Labute approximate surface area is 201 Å². The van der Waals surface area contributed by atoms with E-state index in [4.69, 9.17) is 5.73 Å². The molecule has 1 aliphatic heterocycles. The lowest BCUT2D eigenvalue weighted by atomic mass is 9.92. The first-order chi connectivity index (χ1) is 16.6. The summed E-state index contributed by atoms with van der Waals surface area (Å²) in [5.41, 5.74) is -0.786. The fourth-order valence-corrected chi connectivity index (χ4v) is 4.26. The number of sulfone groups is 1. The van der Waals surface area contributed by atoms with Crippen LogP contribution in [-0.4, -0.2) is 68.5 Å². The predicted molar refractivity (Wildman–Crippen MR) is 115 cm³/mol. The minimum absolute atomic E-state index is 0.0427. The van der Waals surface area contributed by atoms with Crippen LogP contribution in [0.3, 0.4) is 0 Å². The molecule has 0 saturated carbocycles. The molecule has 36 heavy (non-hydrogen) atoms. The number of alkyl halides is 6. The molecule has 15 heteroatoms. The van der Waals surface area contributed by atoms with E-state index in [1.165, 1.54) is 0 Å². The van der Waals surface area contributed by atoms with E-state index < -0.39 is 49.9 Å². The Kier molecular flexibility index (Phi) is 7.45. The van der Waals surface area contributed by atoms with Crippen LogP contribution in [0.5, 0.6) is 0 Å². The minimum Gasteiger partial charge on any atom is -0.381 e. The van der Waals surface area contributed by atoms with Gasteiger partial charge in [0.1, 0.15) is 4.90 Å². The maximum atomic E-state index is 13.5. The van der Waals surface area contributed by atoms with Gasteiger partial charge >= 0.3 is 12.4 Å². The quantitative estimate of drug-likeness (QED) is 0.350. The van der Waals surface area contributed by atoms with Crippen molar-refractivity contribution in [2.75, 3.05) is 43.4 Å². The zero-order valence-corrected chi connectivity index (χ0v) is 19.1. The number of aromatic nitrogens is 1. The monoisotopic (exact) mass is 540 g/mol. The predicted octanol–water partition coefficient (Wildman–Crippen LogP) is 2.67. The lowest BCUT2D eigenvalue weighted by Gasteiger charge is -2.36. The molecule has 1 aliphatic rings. The van der Waals surface area contributed by atoms with Crippen molar-refractivity contribution in [2.45, 2.75) is 22.8 Å². The number of benzene rings is 1. The third kappa shape index (κ3) is 5.50. The first kappa shape index (κ1) is 27.5. The minimum atomic E-state index is -5.97. The Morgan fingerprint density at radius 2 is 1.56 bits per heavy atom. The Morgan fingerprint density at radius 3 is 2.06 bits per heavy atom. The number of nitrogens with two attached hydrogens (primary N) is 1. The fraction of sp³-hybridized carbons (Fsp3) is 0.381. The number of nitrogens with zero attached hydrogens (tertiary/aromatic N) is 3. The lowest BCUT2D eigenvalue weighted by Crippen LogP contribution is -2.53. The van der Waals surface area contributed by atoms with Gasteiger partial charge in [0, 0.05) is 48.9 Å². The van der Waals surface area contributed by atoms with Gasteiger partial charge in [-0.1, -0.05) is 18.1 Å². The van der Waals surface area contributed by atoms with E-state index >= 15 is 0 Å². The molecule has 0 atom stereocenters. The van der Waals surface area contributed by atoms with Crippen LogP contribution in [0.1, 0.15) is 5.56 Å². The number of halogens is 7. The second-order valence-electron chi connectivity index (χ2n) is 7.84. The van der Waals surface area contributed by atoms with Gasteiger partial charge in [-0.25, -0.2) is 17.8 Å². The summed E-state index contributed by atoms with van der Waals surface area (Å²) in [5, 5.41) is 11.5. The number of piperazine rings is 1. The van der Waals surface area contributed by atoms with E-state index in [1.807, 2.05) is 0 Å². The summed E-state index contributed by atoms with van der Waals surface area (Å²) in [6.45, 7) is 1.42. The van der Waals surface area contributed by atoms with Crippen molar-refractivity contribution in [3.63, 3.8) is 0 Å². The van der Waals surface area contributed by atoms with E-state index in [9.17, 15) is 44.3 Å². The van der Waals surface area contributed by atoms with Crippen LogP contribution in [0.25, 0.3) is 0 Å². The lowest BCUT2D eigenvalue weighted by molar-refractivity contribution is -0.376. The standard InChI is InChI=1S/C21H19F7N4O3S/c22-17-12-16(13-30-18(17)29)36(34,35)11-1-6-31-7-9-32(10-8-31)15-4-2-14(3-5-15)19(33,20(23,24)25)21(26,27)28/h2-5,12-13,33H,6-10H2,(H2,29,30). The van der Waals surface area contributed by atoms with Crippen molar-refractivity contribution in [3.8, 4) is 11.2 Å². The van der Waals surface area contributed by atoms with E-state index in [1.54, 1.807) is 9.80 Å². The van der Waals surface area contributed by atoms with Gasteiger partial charge in [0.2, 0.25) is 9.84 Å². The van der Waals surface area contributed by atoms with Gasteiger partial charge in [-0.3, -0.25) is 4.90 Å². The molecular formula is C21H19F7N4O3S. The summed E-state index contributed by atoms with van der Waals surface area (Å²) in [5.74, 6) is 1.03. The van der Waals surface area contributed by atoms with Gasteiger partial charge in [0.15, 0.2) is 11.6 Å². The first-order valence-electron chi connectivity index (χ1n) is 10.2. The van der Waals surface area contributed by atoms with Crippen LogP contribution in [0.4, 0.5) is 42.2 Å². The van der Waals surface area contributed by atoms with E-state index in [0.29, 0.717) is 50.1 Å². The molecule has 3 N–H and O–H groups in total. The molecule has 1 fully saturated rings. The number of hydrogen-bond donors (Lipinski definition) is 2. The van der Waals surface area contributed by atoms with E-state index in [-0.39, 0.29) is 6.54 Å². The van der Waals surface area contributed by atoms with Crippen molar-refractivity contribution >= 4 is 21.3 Å². The Bertz CT molecular complexity index is 1250. The van der Waals surface area contributed by atoms with Gasteiger partial charge in [0.25, 0.3) is 5.60 Å². The molecule has 0 bridgehead atoms. The van der Waals surface area contributed by atoms with Crippen molar-refractivity contribution in [3.05, 3.63) is 47.9 Å². The van der Waals surface area contributed by atoms with Crippen molar-refractivity contribution in [2.24, 2.45) is 0 Å². The number of rotatable bonds is 4. The summed E-state index contributed by atoms with van der Waals surface area (Å²) in [6, 6.07) is 3.97. The smallest absolute Gasteiger partial charge is 0.381 e. The molecule has 0 unspecified atom stereocenters. The highest BCUT2D eigenvalue weighted by molar-refractivity contribution is 7.96. The van der Waals surface area contributed by atoms with Crippen LogP contribution in [0.15, 0.2) is 41.4 Å². The molecule has 0 amide bonds. The highest BCUT2D eigenvalue weighted by Gasteiger charge is 2.71. The number of aliphatic hydroxyl groups is 1. The van der Waals surface area contributed by atoms with Gasteiger partial charge in [0.05, 0.1) is 6.54 Å². The topological polar surface area (TPSA) is 99.8 Å². The third-order valence-electron chi connectivity index (χ3n) is 5.51. The summed E-state index contributed by atoms with van der Waals surface area (Å²) in [4.78, 5) is 6.47. The average molecular weight is 540 g/mol. The SMILES string of the molecule is Nc1ncc(S(=O)(=O)C#CCN2CCN(c3ccc(C(O)(C(F)(F)F)C(F)(F)F)cc3)CC2)cc1F. The Balaban J connectivity index is 1.62. The zero-order chi connectivity index (χ0) is 26.9. The number of hydrogen-bond acceptors (Lipinski definition) is 7. The van der Waals surface area contributed by atoms with E-state index in [0.717, 1.165) is 18.3 Å². The summed E-state index contributed by atoms with van der Waals surface area (Å²) >= 11 is 0. The Morgan fingerprint density at radius 1 is 1.00 bits per heavy atom. The fourth-order valence-electron chi connectivity index (χ4n) is 3.44. The average Bonchev–Trinajstić information content (AvgIpc) is 2.79. The number of nitrogen functional groups attached to an aromatic ring is 1. The molecule has 0 spiro atoms. The van der Waals surface area contributed by atoms with Gasteiger partial charge < -0.3 is 15.7 Å². The molecule has 0 radical (unpaired) electrons. The van der Waals surface area contributed by atoms with Crippen LogP contribution in [-0.2, 0) is 15.4 Å². The normalized spacial score (nSPS) is 15.9. The molecule has 2 aromatic rings. The molecular weight excluding hydrogens is 521 g/mol. The summed E-state index contributed by atoms with van der Waals surface area (Å²) < 4.78 is 116. The van der Waals surface area contributed by atoms with Crippen LogP contribution >= 0.6 is 0 Å². The van der Waals surface area contributed by atoms with Crippen molar-refractivity contribution < 1.29 is 44.3 Å². The first-order valence-corrected chi connectivity index (χ1v) is 11.6. The van der Waals surface area contributed by atoms with Crippen LogP contribution in [0.2, 0.25) is 0 Å². The molecule has 1 aromatic heterocycles. The molecule has 1 saturated heterocycles. The van der Waals surface area contributed by atoms with Crippen LogP contribution in [0, 0.1) is 17.0 Å². The summed E-state index contributed by atoms with van der Waals surface area (Å²) in [7, 11) is -4.13. The molecule has 2 heterocycles. The molecule has 196 valence electrons. The van der Waals surface area contributed by atoms with Gasteiger partial charge in [-0.05, 0) is 18.2 Å². The highest BCUT2D eigenvalue weighted by Crippen LogP contribution is 2.50. The largest absolute Gasteiger partial charge is 0.430 e. The summed E-state index contributed by atoms with van der Waals surface area (Å²) in [6.07, 6.45) is -11.0. The molecule has 3 rings (SSSR count). The maximum absolute atomic E-state index is 13.5.